The molecule has 0 amide bonds. The highest BCUT2D eigenvalue weighted by Crippen LogP contribution is 2.25. The molecule has 0 aliphatic heterocycles. The number of aromatic nitrogens is 2. The van der Waals surface area contributed by atoms with Crippen LogP contribution in [0.4, 0.5) is 5.82 Å². The van der Waals surface area contributed by atoms with E-state index in [-0.39, 0.29) is 6.10 Å². The van der Waals surface area contributed by atoms with Gasteiger partial charge in [0.15, 0.2) is 0 Å². The van der Waals surface area contributed by atoms with Gasteiger partial charge in [0.05, 0.1) is 6.10 Å². The lowest BCUT2D eigenvalue weighted by atomic mass is 10.1. The molecular weight excluding hydrogens is 214 g/mol. The van der Waals surface area contributed by atoms with Gasteiger partial charge in [-0.15, -0.1) is 0 Å². The van der Waals surface area contributed by atoms with Gasteiger partial charge in [0.25, 0.3) is 0 Å². The van der Waals surface area contributed by atoms with Gasteiger partial charge in [0.1, 0.15) is 11.5 Å². The first-order valence-electron chi connectivity index (χ1n) is 6.17. The third-order valence-electron chi connectivity index (χ3n) is 3.51. The highest BCUT2D eigenvalue weighted by molar-refractivity contribution is 5.49. The molecule has 2 unspecified atom stereocenters. The maximum atomic E-state index is 9.49. The molecule has 2 atom stereocenters. The van der Waals surface area contributed by atoms with Crippen molar-refractivity contribution in [3.05, 3.63) is 30.6 Å². The summed E-state index contributed by atoms with van der Waals surface area (Å²) in [7, 11) is 0. The molecule has 2 aromatic heterocycles. The third-order valence-corrected chi connectivity index (χ3v) is 3.51. The van der Waals surface area contributed by atoms with Gasteiger partial charge >= 0.3 is 0 Å². The molecule has 1 saturated carbocycles. The lowest BCUT2D eigenvalue weighted by molar-refractivity contribution is 0.178. The van der Waals surface area contributed by atoms with Crippen molar-refractivity contribution in [2.24, 2.45) is 5.92 Å². The second-order valence-corrected chi connectivity index (χ2v) is 4.78. The number of hydrogen-bond acceptors (Lipinski definition) is 3. The molecule has 0 radical (unpaired) electrons. The molecule has 2 N–H and O–H groups in total. The lowest BCUT2D eigenvalue weighted by Crippen LogP contribution is -2.14. The van der Waals surface area contributed by atoms with Crippen LogP contribution >= 0.6 is 0 Å². The number of aliphatic hydroxyl groups is 1. The largest absolute Gasteiger partial charge is 0.393 e. The molecule has 1 fully saturated rings. The molecule has 0 spiro atoms. The normalized spacial score (nSPS) is 24.3. The zero-order valence-corrected chi connectivity index (χ0v) is 9.71. The third kappa shape index (κ3) is 2.13. The van der Waals surface area contributed by atoms with Crippen molar-refractivity contribution in [1.82, 2.24) is 9.38 Å². The van der Waals surface area contributed by atoms with E-state index in [1.54, 1.807) is 6.20 Å². The van der Waals surface area contributed by atoms with Crippen molar-refractivity contribution in [2.45, 2.75) is 25.4 Å². The van der Waals surface area contributed by atoms with E-state index >= 15 is 0 Å². The Balaban J connectivity index is 1.70. The summed E-state index contributed by atoms with van der Waals surface area (Å²) in [4.78, 5) is 4.25. The molecular formula is C13H17N3O. The summed E-state index contributed by atoms with van der Waals surface area (Å²) >= 11 is 0. The van der Waals surface area contributed by atoms with Crippen LogP contribution in [-0.2, 0) is 0 Å². The predicted octanol–water partition coefficient (Wildman–Crippen LogP) is 1.91. The fourth-order valence-electron chi connectivity index (χ4n) is 2.57. The first-order chi connectivity index (χ1) is 8.33. The highest BCUT2D eigenvalue weighted by atomic mass is 16.3. The van der Waals surface area contributed by atoms with Crippen molar-refractivity contribution in [2.75, 3.05) is 11.9 Å². The van der Waals surface area contributed by atoms with Gasteiger partial charge in [0, 0.05) is 18.9 Å². The van der Waals surface area contributed by atoms with Gasteiger partial charge in [0.2, 0.25) is 0 Å². The second kappa shape index (κ2) is 4.37. The van der Waals surface area contributed by atoms with Crippen molar-refractivity contribution >= 4 is 11.5 Å². The Kier molecular flexibility index (Phi) is 2.73. The molecule has 1 aliphatic rings. The molecule has 4 nitrogen and oxygen atoms in total. The van der Waals surface area contributed by atoms with E-state index in [1.807, 2.05) is 22.7 Å². The van der Waals surface area contributed by atoms with Crippen molar-refractivity contribution in [1.29, 1.82) is 0 Å². The second-order valence-electron chi connectivity index (χ2n) is 4.78. The fourth-order valence-corrected chi connectivity index (χ4v) is 2.57. The van der Waals surface area contributed by atoms with E-state index in [0.29, 0.717) is 5.92 Å². The fraction of sp³-hybridized carbons (Fsp3) is 0.462. The molecule has 90 valence electrons. The standard InChI is InChI=1S/C13H17N3O/c17-11-5-4-10(8-11)9-15-13-3-1-2-12-14-6-7-16(12)13/h1-3,6-7,10-11,15,17H,4-5,8-9H2. The van der Waals surface area contributed by atoms with Crippen LogP contribution < -0.4 is 5.32 Å². The number of anilines is 1. The van der Waals surface area contributed by atoms with Gasteiger partial charge < -0.3 is 10.4 Å². The zero-order chi connectivity index (χ0) is 11.7. The van der Waals surface area contributed by atoms with Gasteiger partial charge in [-0.05, 0) is 37.3 Å². The van der Waals surface area contributed by atoms with Crippen molar-refractivity contribution < 1.29 is 5.11 Å². The molecule has 0 bridgehead atoms. The number of rotatable bonds is 3. The Hall–Kier alpha value is -1.55. The first kappa shape index (κ1) is 10.6. The topological polar surface area (TPSA) is 49.6 Å². The molecule has 2 aromatic rings. The van der Waals surface area contributed by atoms with Crippen LogP contribution in [0, 0.1) is 5.92 Å². The Morgan fingerprint density at radius 3 is 3.18 bits per heavy atom. The van der Waals surface area contributed by atoms with Crippen molar-refractivity contribution in [3.63, 3.8) is 0 Å². The van der Waals surface area contributed by atoms with Gasteiger partial charge in [-0.3, -0.25) is 4.40 Å². The number of aliphatic hydroxyl groups excluding tert-OH is 1. The summed E-state index contributed by atoms with van der Waals surface area (Å²) in [6.07, 6.45) is 6.66. The number of nitrogens with one attached hydrogen (secondary N) is 1. The molecule has 4 heteroatoms. The Labute approximate surface area is 100 Å². The van der Waals surface area contributed by atoms with E-state index in [2.05, 4.69) is 16.4 Å². The molecule has 1 aliphatic carbocycles. The number of pyridine rings is 1. The molecule has 3 rings (SSSR count). The van der Waals surface area contributed by atoms with Crippen molar-refractivity contribution in [3.8, 4) is 0 Å². The van der Waals surface area contributed by atoms with Crippen LogP contribution in [0.25, 0.3) is 5.65 Å². The Morgan fingerprint density at radius 1 is 1.41 bits per heavy atom. The zero-order valence-electron chi connectivity index (χ0n) is 9.71. The molecule has 17 heavy (non-hydrogen) atoms. The van der Waals surface area contributed by atoms with Crippen LogP contribution in [0.1, 0.15) is 19.3 Å². The summed E-state index contributed by atoms with van der Waals surface area (Å²) in [6.45, 7) is 0.925. The van der Waals surface area contributed by atoms with Gasteiger partial charge in [-0.2, -0.15) is 0 Å². The average Bonchev–Trinajstić information content (AvgIpc) is 2.94. The van der Waals surface area contributed by atoms with E-state index in [1.165, 1.54) is 0 Å². The van der Waals surface area contributed by atoms with Crippen LogP contribution in [-0.4, -0.2) is 27.1 Å². The summed E-state index contributed by atoms with van der Waals surface area (Å²) < 4.78 is 2.05. The summed E-state index contributed by atoms with van der Waals surface area (Å²) in [5.74, 6) is 1.66. The van der Waals surface area contributed by atoms with E-state index in [4.69, 9.17) is 0 Å². The van der Waals surface area contributed by atoms with Crippen LogP contribution in [0.2, 0.25) is 0 Å². The van der Waals surface area contributed by atoms with E-state index < -0.39 is 0 Å². The maximum Gasteiger partial charge on any atom is 0.138 e. The molecule has 2 heterocycles. The van der Waals surface area contributed by atoms with E-state index in [0.717, 1.165) is 37.3 Å². The maximum absolute atomic E-state index is 9.49. The monoisotopic (exact) mass is 231 g/mol. The Bertz CT molecular complexity index is 508. The van der Waals surface area contributed by atoms with Gasteiger partial charge in [-0.1, -0.05) is 6.07 Å². The summed E-state index contributed by atoms with van der Waals surface area (Å²) in [5.41, 5.74) is 0.960. The molecule has 0 aromatic carbocycles. The van der Waals surface area contributed by atoms with Gasteiger partial charge in [-0.25, -0.2) is 4.98 Å². The smallest absolute Gasteiger partial charge is 0.138 e. The first-order valence-corrected chi connectivity index (χ1v) is 6.17. The average molecular weight is 231 g/mol. The quantitative estimate of drug-likeness (QED) is 0.848. The minimum Gasteiger partial charge on any atom is -0.393 e. The summed E-state index contributed by atoms with van der Waals surface area (Å²) in [5, 5.41) is 12.9. The minimum atomic E-state index is -0.0918. The number of imidazole rings is 1. The number of fused-ring (bicyclic) bond motifs is 1. The van der Waals surface area contributed by atoms with Crippen LogP contribution in [0.3, 0.4) is 0 Å². The van der Waals surface area contributed by atoms with Crippen LogP contribution in [0.5, 0.6) is 0 Å². The lowest BCUT2D eigenvalue weighted by Gasteiger charge is -2.13. The van der Waals surface area contributed by atoms with Crippen LogP contribution in [0.15, 0.2) is 30.6 Å². The number of nitrogens with zero attached hydrogens (tertiary/aromatic N) is 2. The minimum absolute atomic E-state index is 0.0918. The Morgan fingerprint density at radius 2 is 2.35 bits per heavy atom. The number of hydrogen-bond donors (Lipinski definition) is 2. The highest BCUT2D eigenvalue weighted by Gasteiger charge is 2.22. The predicted molar refractivity (Wildman–Crippen MR) is 67.0 cm³/mol. The van der Waals surface area contributed by atoms with E-state index in [9.17, 15) is 5.11 Å². The molecule has 0 saturated heterocycles. The summed E-state index contributed by atoms with van der Waals surface area (Å²) in [6, 6.07) is 6.05. The SMILES string of the molecule is OC1CCC(CNc2cccc3nccn23)C1.